The Labute approximate surface area is 199 Å². The van der Waals surface area contributed by atoms with Gasteiger partial charge in [-0.15, -0.1) is 11.3 Å². The van der Waals surface area contributed by atoms with Crippen LogP contribution < -0.4 is 14.5 Å². The van der Waals surface area contributed by atoms with Crippen molar-refractivity contribution < 1.29 is 8.42 Å². The molecule has 0 bridgehead atoms. The summed E-state index contributed by atoms with van der Waals surface area (Å²) in [6.07, 6.45) is 0.636. The summed E-state index contributed by atoms with van der Waals surface area (Å²) in [6, 6.07) is 25.4. The van der Waals surface area contributed by atoms with E-state index in [0.29, 0.717) is 17.9 Å². The van der Waals surface area contributed by atoms with E-state index in [4.69, 9.17) is 0 Å². The number of nitrogens with one attached hydrogen (secondary N) is 1. The van der Waals surface area contributed by atoms with Gasteiger partial charge >= 0.3 is 0 Å². The molecule has 1 saturated heterocycles. The van der Waals surface area contributed by atoms with E-state index in [9.17, 15) is 8.42 Å². The number of fused-ring (bicyclic) bond motifs is 1. The summed E-state index contributed by atoms with van der Waals surface area (Å²) in [4.78, 5) is 2.61. The smallest absolute Gasteiger partial charge is 0.264 e. The number of hydrogen-bond acceptors (Lipinski definition) is 5. The Kier molecular flexibility index (Phi) is 6.35. The molecule has 3 aromatic carbocycles. The van der Waals surface area contributed by atoms with Crippen molar-refractivity contribution in [3.05, 3.63) is 89.8 Å². The largest absolute Gasteiger partial charge is 0.367 e. The molecule has 0 radical (unpaired) electrons. The van der Waals surface area contributed by atoms with Crippen LogP contribution in [0.1, 0.15) is 5.56 Å². The van der Waals surface area contributed by atoms with E-state index >= 15 is 0 Å². The van der Waals surface area contributed by atoms with Crippen LogP contribution in [0, 0.1) is 0 Å². The molecule has 7 heteroatoms. The van der Waals surface area contributed by atoms with Gasteiger partial charge in [0.1, 0.15) is 0 Å². The van der Waals surface area contributed by atoms with Crippen LogP contribution in [0.4, 0.5) is 11.4 Å². The molecular weight excluding hydrogens is 450 g/mol. The van der Waals surface area contributed by atoms with E-state index in [-0.39, 0.29) is 0 Å². The molecule has 33 heavy (non-hydrogen) atoms. The lowest BCUT2D eigenvalue weighted by Crippen LogP contribution is -2.44. The fraction of sp³-hybridized carbons (Fsp3) is 0.231. The van der Waals surface area contributed by atoms with Crippen LogP contribution >= 0.6 is 11.3 Å². The second-order valence-corrected chi connectivity index (χ2v) is 11.0. The van der Waals surface area contributed by atoms with E-state index in [1.165, 1.54) is 0 Å². The third-order valence-electron chi connectivity index (χ3n) is 6.07. The number of hydrogen-bond donors (Lipinski definition) is 1. The van der Waals surface area contributed by atoms with Crippen molar-refractivity contribution in [3.63, 3.8) is 0 Å². The Morgan fingerprint density at radius 1 is 0.909 bits per heavy atom. The fourth-order valence-electron chi connectivity index (χ4n) is 4.32. The molecule has 1 aromatic heterocycles. The topological polar surface area (TPSA) is 52.7 Å². The van der Waals surface area contributed by atoms with Crippen molar-refractivity contribution >= 4 is 42.8 Å². The minimum Gasteiger partial charge on any atom is -0.367 e. The number of nitrogens with zero attached hydrogens (tertiary/aromatic N) is 2. The Morgan fingerprint density at radius 2 is 1.67 bits per heavy atom. The molecule has 1 fully saturated rings. The maximum atomic E-state index is 14.1. The number of benzene rings is 3. The maximum absolute atomic E-state index is 14.1. The van der Waals surface area contributed by atoms with Crippen molar-refractivity contribution in [1.29, 1.82) is 0 Å². The van der Waals surface area contributed by atoms with E-state index < -0.39 is 10.0 Å². The third kappa shape index (κ3) is 4.62. The van der Waals surface area contributed by atoms with Gasteiger partial charge in [-0.1, -0.05) is 48.5 Å². The lowest BCUT2D eigenvalue weighted by atomic mass is 10.1. The Balaban J connectivity index is 1.57. The monoisotopic (exact) mass is 477 g/mol. The maximum Gasteiger partial charge on any atom is 0.264 e. The molecule has 0 amide bonds. The van der Waals surface area contributed by atoms with Gasteiger partial charge in [0.05, 0.1) is 16.3 Å². The van der Waals surface area contributed by atoms with Gasteiger partial charge in [0.2, 0.25) is 0 Å². The van der Waals surface area contributed by atoms with Crippen molar-refractivity contribution in [2.75, 3.05) is 41.9 Å². The molecule has 5 rings (SSSR count). The third-order valence-corrected chi connectivity index (χ3v) is 8.76. The quantitative estimate of drug-likeness (QED) is 0.417. The molecule has 2 heterocycles. The first kappa shape index (κ1) is 21.9. The van der Waals surface area contributed by atoms with Crippen LogP contribution in [0.15, 0.2) is 89.1 Å². The molecule has 1 N–H and O–H groups in total. The zero-order valence-electron chi connectivity index (χ0n) is 18.4. The number of para-hydroxylation sites is 2. The summed E-state index contributed by atoms with van der Waals surface area (Å²) in [5, 5.41) is 6.44. The molecule has 4 aromatic rings. The van der Waals surface area contributed by atoms with Crippen molar-refractivity contribution in [3.8, 4) is 0 Å². The Bertz CT molecular complexity index is 1330. The first-order valence-corrected chi connectivity index (χ1v) is 13.5. The highest BCUT2D eigenvalue weighted by atomic mass is 32.2. The first-order chi connectivity index (χ1) is 16.1. The minimum absolute atomic E-state index is 0.334. The summed E-state index contributed by atoms with van der Waals surface area (Å²) in [6.45, 7) is 3.85. The fourth-order valence-corrected chi connectivity index (χ4v) is 6.73. The summed E-state index contributed by atoms with van der Waals surface area (Å²) in [7, 11) is -3.76. The summed E-state index contributed by atoms with van der Waals surface area (Å²) in [5.74, 6) is 0. The highest BCUT2D eigenvalue weighted by Gasteiger charge is 2.28. The van der Waals surface area contributed by atoms with Crippen molar-refractivity contribution in [2.24, 2.45) is 0 Å². The van der Waals surface area contributed by atoms with Crippen molar-refractivity contribution in [2.45, 2.75) is 11.3 Å². The van der Waals surface area contributed by atoms with Gasteiger partial charge in [-0.3, -0.25) is 4.31 Å². The molecule has 0 aliphatic carbocycles. The minimum atomic E-state index is -3.76. The van der Waals surface area contributed by atoms with E-state index in [0.717, 1.165) is 53.2 Å². The Hall–Kier alpha value is -2.87. The van der Waals surface area contributed by atoms with Gasteiger partial charge in [0.15, 0.2) is 0 Å². The van der Waals surface area contributed by atoms with Gasteiger partial charge in [0.25, 0.3) is 10.0 Å². The number of sulfonamides is 1. The lowest BCUT2D eigenvalue weighted by molar-refractivity contribution is 0.585. The average molecular weight is 478 g/mol. The van der Waals surface area contributed by atoms with Gasteiger partial charge < -0.3 is 10.2 Å². The molecule has 0 unspecified atom stereocenters. The summed E-state index contributed by atoms with van der Waals surface area (Å²) >= 11 is 1.56. The normalized spacial score (nSPS) is 14.5. The second-order valence-electron chi connectivity index (χ2n) is 8.16. The lowest BCUT2D eigenvalue weighted by Gasteiger charge is -2.34. The SMILES string of the molecule is O=S(=O)(c1ccc2ccsc2c1)N(CCc1ccccc1)c1ccccc1N1CCNCC1. The van der Waals surface area contributed by atoms with Gasteiger partial charge in [-0.25, -0.2) is 8.42 Å². The predicted octanol–water partition coefficient (Wildman–Crippen LogP) is 4.75. The molecule has 0 atom stereocenters. The van der Waals surface area contributed by atoms with Gasteiger partial charge in [-0.2, -0.15) is 0 Å². The number of anilines is 2. The van der Waals surface area contributed by atoms with Crippen LogP contribution in [0.25, 0.3) is 10.1 Å². The summed E-state index contributed by atoms with van der Waals surface area (Å²) < 4.78 is 30.7. The Morgan fingerprint density at radius 3 is 2.48 bits per heavy atom. The van der Waals surface area contributed by atoms with Crippen LogP contribution in [0.2, 0.25) is 0 Å². The van der Waals surface area contributed by atoms with Crippen LogP contribution in [-0.2, 0) is 16.4 Å². The zero-order chi connectivity index (χ0) is 22.7. The van der Waals surface area contributed by atoms with E-state index in [2.05, 4.69) is 10.2 Å². The molecule has 0 saturated carbocycles. The highest BCUT2D eigenvalue weighted by Crippen LogP contribution is 2.35. The number of piperazine rings is 1. The summed E-state index contributed by atoms with van der Waals surface area (Å²) in [5.41, 5.74) is 2.82. The van der Waals surface area contributed by atoms with E-state index in [1.807, 2.05) is 72.1 Å². The zero-order valence-corrected chi connectivity index (χ0v) is 20.0. The highest BCUT2D eigenvalue weighted by molar-refractivity contribution is 7.92. The average Bonchev–Trinajstić information content (AvgIpc) is 3.34. The molecule has 170 valence electrons. The van der Waals surface area contributed by atoms with Crippen LogP contribution in [0.3, 0.4) is 0 Å². The standard InChI is InChI=1S/C26H27N3O2S2/c30-33(31,23-11-10-22-13-19-32-26(22)20-23)29(16-12-21-6-2-1-3-7-21)25-9-5-4-8-24(25)28-17-14-27-15-18-28/h1-11,13,19-20,27H,12,14-18H2. The molecular formula is C26H27N3O2S2. The number of rotatable bonds is 7. The predicted molar refractivity (Wildman–Crippen MR) is 138 cm³/mol. The molecule has 0 spiro atoms. The van der Waals surface area contributed by atoms with Crippen LogP contribution in [0.5, 0.6) is 0 Å². The number of thiophene rings is 1. The van der Waals surface area contributed by atoms with Crippen LogP contribution in [-0.4, -0.2) is 41.1 Å². The molecule has 5 nitrogen and oxygen atoms in total. The molecule has 1 aliphatic rings. The van der Waals surface area contributed by atoms with E-state index in [1.54, 1.807) is 27.8 Å². The van der Waals surface area contributed by atoms with Gasteiger partial charge in [-0.05, 0) is 53.1 Å². The van der Waals surface area contributed by atoms with Crippen molar-refractivity contribution in [1.82, 2.24) is 5.32 Å². The van der Waals surface area contributed by atoms with Gasteiger partial charge in [0, 0.05) is 37.4 Å². The first-order valence-electron chi connectivity index (χ1n) is 11.2. The second kappa shape index (κ2) is 9.55. The molecule has 1 aliphatic heterocycles.